The summed E-state index contributed by atoms with van der Waals surface area (Å²) >= 11 is 0. The maximum absolute atomic E-state index is 10.0. The van der Waals surface area contributed by atoms with Gasteiger partial charge in [0.15, 0.2) is 0 Å². The predicted molar refractivity (Wildman–Crippen MR) is 91.0 cm³/mol. The molecule has 2 aliphatic rings. The van der Waals surface area contributed by atoms with Crippen molar-refractivity contribution in [3.8, 4) is 0 Å². The van der Waals surface area contributed by atoms with Crippen molar-refractivity contribution in [2.24, 2.45) is 28.6 Å². The van der Waals surface area contributed by atoms with Gasteiger partial charge in [-0.25, -0.2) is 0 Å². The molecule has 23 heavy (non-hydrogen) atoms. The monoisotopic (exact) mass is 320 g/mol. The van der Waals surface area contributed by atoms with E-state index in [1.54, 1.807) is 6.26 Å². The molecule has 2 fully saturated rings. The topological polar surface area (TPSA) is 53.6 Å². The Hall–Kier alpha value is -0.800. The molecule has 130 valence electrons. The normalized spacial score (nSPS) is 40.8. The highest BCUT2D eigenvalue weighted by Gasteiger charge is 2.55. The molecule has 0 spiro atoms. The van der Waals surface area contributed by atoms with E-state index in [9.17, 15) is 10.2 Å². The van der Waals surface area contributed by atoms with Gasteiger partial charge in [0.1, 0.15) is 0 Å². The third kappa shape index (κ3) is 2.98. The Morgan fingerprint density at radius 3 is 2.70 bits per heavy atom. The Bertz CT molecular complexity index is 497. The largest absolute Gasteiger partial charge is 0.472 e. The lowest BCUT2D eigenvalue weighted by molar-refractivity contribution is -0.128. The van der Waals surface area contributed by atoms with Crippen LogP contribution in [0.3, 0.4) is 0 Å². The van der Waals surface area contributed by atoms with Crippen molar-refractivity contribution in [1.82, 2.24) is 0 Å². The summed E-state index contributed by atoms with van der Waals surface area (Å²) in [5.74, 6) is 1.52. The van der Waals surface area contributed by atoms with E-state index >= 15 is 0 Å². The maximum atomic E-state index is 10.0. The van der Waals surface area contributed by atoms with Crippen LogP contribution in [0.25, 0.3) is 0 Å². The first-order valence-corrected chi connectivity index (χ1v) is 9.26. The van der Waals surface area contributed by atoms with E-state index in [0.29, 0.717) is 31.0 Å². The smallest absolute Gasteiger partial charge is 0.0934 e. The van der Waals surface area contributed by atoms with Crippen LogP contribution >= 0.6 is 0 Å². The minimum absolute atomic E-state index is 0.0569. The highest BCUT2D eigenvalue weighted by molar-refractivity contribution is 5.08. The average molecular weight is 320 g/mol. The Morgan fingerprint density at radius 2 is 2.04 bits per heavy atom. The Kier molecular flexibility index (Phi) is 4.89. The van der Waals surface area contributed by atoms with Crippen molar-refractivity contribution in [3.63, 3.8) is 0 Å². The fourth-order valence-corrected chi connectivity index (χ4v) is 5.99. The summed E-state index contributed by atoms with van der Waals surface area (Å²) in [7, 11) is 0. The third-order valence-corrected chi connectivity index (χ3v) is 7.26. The molecule has 0 amide bonds. The van der Waals surface area contributed by atoms with Gasteiger partial charge in [-0.3, -0.25) is 0 Å². The maximum Gasteiger partial charge on any atom is 0.0934 e. The third-order valence-electron chi connectivity index (χ3n) is 7.26. The number of furan rings is 1. The fraction of sp³-hybridized carbons (Fsp3) is 0.800. The number of rotatable bonds is 5. The molecule has 0 bridgehead atoms. The SMILES string of the molecule is C[C@]1(CO)CCC[C@]2(C)[C@@H]1CC[C@@H](CO)[C@@H]2CCc1ccoc1. The van der Waals surface area contributed by atoms with Crippen LogP contribution in [0.5, 0.6) is 0 Å². The molecule has 3 heteroatoms. The molecule has 1 heterocycles. The Labute approximate surface area is 140 Å². The molecule has 5 atom stereocenters. The molecule has 0 aromatic carbocycles. The number of hydrogen-bond donors (Lipinski definition) is 2. The summed E-state index contributed by atoms with van der Waals surface area (Å²) < 4.78 is 5.21. The summed E-state index contributed by atoms with van der Waals surface area (Å²) in [6, 6.07) is 2.05. The van der Waals surface area contributed by atoms with E-state index in [0.717, 1.165) is 32.1 Å². The van der Waals surface area contributed by atoms with Crippen LogP contribution in [0.1, 0.15) is 57.9 Å². The molecule has 1 aromatic heterocycles. The minimum atomic E-state index is 0.0569. The lowest BCUT2D eigenvalue weighted by atomic mass is 9.45. The summed E-state index contributed by atoms with van der Waals surface area (Å²) in [6.07, 6.45) is 11.5. The zero-order valence-electron chi connectivity index (χ0n) is 14.6. The molecule has 2 saturated carbocycles. The van der Waals surface area contributed by atoms with Gasteiger partial charge in [-0.15, -0.1) is 0 Å². The molecule has 0 unspecified atom stereocenters. The molecule has 0 saturated heterocycles. The summed E-state index contributed by atoms with van der Waals surface area (Å²) in [5.41, 5.74) is 1.56. The van der Waals surface area contributed by atoms with Crippen LogP contribution in [0, 0.1) is 28.6 Å². The van der Waals surface area contributed by atoms with Crippen molar-refractivity contribution >= 4 is 0 Å². The van der Waals surface area contributed by atoms with Gasteiger partial charge in [-0.2, -0.15) is 0 Å². The van der Waals surface area contributed by atoms with Gasteiger partial charge in [-0.1, -0.05) is 20.3 Å². The number of aliphatic hydroxyl groups excluding tert-OH is 2. The van der Waals surface area contributed by atoms with E-state index in [-0.39, 0.29) is 10.8 Å². The zero-order chi connectivity index (χ0) is 16.5. The Morgan fingerprint density at radius 1 is 1.22 bits per heavy atom. The molecule has 3 rings (SSSR count). The molecular formula is C20H32O3. The van der Waals surface area contributed by atoms with Crippen molar-refractivity contribution in [1.29, 1.82) is 0 Å². The zero-order valence-corrected chi connectivity index (χ0v) is 14.6. The summed E-state index contributed by atoms with van der Waals surface area (Å²) in [5, 5.41) is 20.0. The van der Waals surface area contributed by atoms with Gasteiger partial charge in [0.05, 0.1) is 12.5 Å². The van der Waals surface area contributed by atoms with Crippen LogP contribution in [0.15, 0.2) is 23.0 Å². The molecule has 2 N–H and O–H groups in total. The number of aryl methyl sites for hydroxylation is 1. The first kappa shape index (κ1) is 17.0. The molecule has 0 radical (unpaired) electrons. The standard InChI is InChI=1S/C20H32O3/c1-19(14-22)9-3-10-20(2)17(6-4-15-8-11-23-13-15)16(12-21)5-7-18(19)20/h8,11,13,16-18,21-22H,3-7,9-10,12,14H2,1-2H3/t16-,17-,18+,19+,20-/m0/s1. The van der Waals surface area contributed by atoms with Crippen molar-refractivity contribution in [2.45, 2.75) is 58.8 Å². The number of aliphatic hydroxyl groups is 2. The van der Waals surface area contributed by atoms with Gasteiger partial charge in [0, 0.05) is 13.2 Å². The second-order valence-corrected chi connectivity index (χ2v) is 8.52. The van der Waals surface area contributed by atoms with Crippen molar-refractivity contribution < 1.29 is 14.6 Å². The van der Waals surface area contributed by atoms with Gasteiger partial charge in [0.2, 0.25) is 0 Å². The number of hydrogen-bond acceptors (Lipinski definition) is 3. The van der Waals surface area contributed by atoms with Gasteiger partial charge in [0.25, 0.3) is 0 Å². The number of fused-ring (bicyclic) bond motifs is 1. The van der Waals surface area contributed by atoms with Gasteiger partial charge in [-0.05, 0) is 78.7 Å². The van der Waals surface area contributed by atoms with Crippen molar-refractivity contribution in [3.05, 3.63) is 24.2 Å². The first-order chi connectivity index (χ1) is 11.0. The predicted octanol–water partition coefficient (Wildman–Crippen LogP) is 4.04. The van der Waals surface area contributed by atoms with E-state index in [1.807, 2.05) is 6.26 Å². The highest BCUT2D eigenvalue weighted by atomic mass is 16.3. The van der Waals surface area contributed by atoms with Crippen LogP contribution in [-0.2, 0) is 6.42 Å². The molecule has 1 aromatic rings. The van der Waals surface area contributed by atoms with E-state index < -0.39 is 0 Å². The van der Waals surface area contributed by atoms with E-state index in [1.165, 1.54) is 18.4 Å². The summed E-state index contributed by atoms with van der Waals surface area (Å²) in [4.78, 5) is 0. The first-order valence-electron chi connectivity index (χ1n) is 9.26. The minimum Gasteiger partial charge on any atom is -0.472 e. The lowest BCUT2D eigenvalue weighted by Crippen LogP contribution is -2.54. The second kappa shape index (κ2) is 6.60. The quantitative estimate of drug-likeness (QED) is 0.861. The second-order valence-electron chi connectivity index (χ2n) is 8.52. The lowest BCUT2D eigenvalue weighted by Gasteiger charge is -2.60. The van der Waals surface area contributed by atoms with Crippen LogP contribution in [-0.4, -0.2) is 23.4 Å². The van der Waals surface area contributed by atoms with E-state index in [2.05, 4.69) is 19.9 Å². The van der Waals surface area contributed by atoms with Crippen LogP contribution in [0.2, 0.25) is 0 Å². The summed E-state index contributed by atoms with van der Waals surface area (Å²) in [6.45, 7) is 5.31. The molecule has 2 aliphatic carbocycles. The van der Waals surface area contributed by atoms with Gasteiger partial charge < -0.3 is 14.6 Å². The van der Waals surface area contributed by atoms with Crippen LogP contribution < -0.4 is 0 Å². The van der Waals surface area contributed by atoms with E-state index in [4.69, 9.17) is 4.42 Å². The molecule has 0 aliphatic heterocycles. The Balaban J connectivity index is 1.83. The van der Waals surface area contributed by atoms with Crippen molar-refractivity contribution in [2.75, 3.05) is 13.2 Å². The average Bonchev–Trinajstić information content (AvgIpc) is 3.06. The molecular weight excluding hydrogens is 288 g/mol. The van der Waals surface area contributed by atoms with Crippen LogP contribution in [0.4, 0.5) is 0 Å². The van der Waals surface area contributed by atoms with Gasteiger partial charge >= 0.3 is 0 Å². The molecule has 3 nitrogen and oxygen atoms in total. The fourth-order valence-electron chi connectivity index (χ4n) is 5.99. The highest BCUT2D eigenvalue weighted by Crippen LogP contribution is 2.61.